The maximum Gasteiger partial charge on any atom is 0.258 e. The SMILES string of the molecule is Nc1nc2c(c(=O)[nH]1)C(c1ccc(Cl)cc1)C1=C(N2)c2ccccc2C1=O. The molecule has 0 fully saturated rings. The van der Waals surface area contributed by atoms with Crippen molar-refractivity contribution >= 4 is 34.8 Å². The third-order valence-electron chi connectivity index (χ3n) is 4.95. The number of aromatic amines is 1. The molecule has 1 aliphatic heterocycles. The molecule has 2 heterocycles. The number of Topliss-reactive ketones (excluding diaryl/α,β-unsaturated/α-hetero) is 1. The minimum Gasteiger partial charge on any atom is -0.369 e. The molecule has 132 valence electrons. The van der Waals surface area contributed by atoms with Crippen LogP contribution in [0.25, 0.3) is 5.70 Å². The number of allylic oxidation sites excluding steroid dienone is 1. The lowest BCUT2D eigenvalue weighted by Crippen LogP contribution is -2.28. The number of anilines is 2. The lowest BCUT2D eigenvalue weighted by molar-refractivity contribution is 0.103. The minimum atomic E-state index is -0.565. The number of ketones is 1. The molecule has 0 saturated carbocycles. The number of nitrogens with two attached hydrogens (primary N) is 1. The van der Waals surface area contributed by atoms with Crippen LogP contribution in [0.3, 0.4) is 0 Å². The maximum absolute atomic E-state index is 13.2. The highest BCUT2D eigenvalue weighted by atomic mass is 35.5. The van der Waals surface area contributed by atoms with E-state index in [1.165, 1.54) is 0 Å². The minimum absolute atomic E-state index is 0.0164. The number of nitrogens with one attached hydrogen (secondary N) is 2. The van der Waals surface area contributed by atoms with Gasteiger partial charge in [0, 0.05) is 27.6 Å². The van der Waals surface area contributed by atoms with Crippen LogP contribution in [0, 0.1) is 0 Å². The van der Waals surface area contributed by atoms with Crippen LogP contribution in [0.4, 0.5) is 11.8 Å². The highest BCUT2D eigenvalue weighted by molar-refractivity contribution is 6.30. The van der Waals surface area contributed by atoms with Crippen molar-refractivity contribution in [3.63, 3.8) is 0 Å². The fraction of sp³-hybridized carbons (Fsp3) is 0.0500. The summed E-state index contributed by atoms with van der Waals surface area (Å²) in [5, 5.41) is 3.74. The molecule has 0 saturated heterocycles. The van der Waals surface area contributed by atoms with Gasteiger partial charge < -0.3 is 11.1 Å². The summed E-state index contributed by atoms with van der Waals surface area (Å²) in [5.41, 5.74) is 9.11. The number of carbonyl (C=O) groups is 1. The molecule has 1 aromatic heterocycles. The average Bonchev–Trinajstić information content (AvgIpc) is 2.93. The van der Waals surface area contributed by atoms with E-state index >= 15 is 0 Å². The summed E-state index contributed by atoms with van der Waals surface area (Å²) in [4.78, 5) is 32.7. The van der Waals surface area contributed by atoms with Crippen molar-refractivity contribution in [3.05, 3.63) is 91.7 Å². The molecule has 27 heavy (non-hydrogen) atoms. The number of nitrogen functional groups attached to an aromatic ring is 1. The largest absolute Gasteiger partial charge is 0.369 e. The van der Waals surface area contributed by atoms with Crippen LogP contribution in [-0.4, -0.2) is 15.8 Å². The standard InChI is InChI=1S/C20H13ClN4O2/c21-10-7-5-9(6-8-10)13-14-16(11-3-1-2-4-12(11)17(14)26)23-18-15(13)19(27)25-20(22)24-18/h1-8,13H,(H4,22,23,24,25,27). The summed E-state index contributed by atoms with van der Waals surface area (Å²) < 4.78 is 0. The van der Waals surface area contributed by atoms with E-state index in [1.807, 2.05) is 30.3 Å². The lowest BCUT2D eigenvalue weighted by Gasteiger charge is -2.27. The fourth-order valence-electron chi connectivity index (χ4n) is 3.83. The summed E-state index contributed by atoms with van der Waals surface area (Å²) in [5.74, 6) is -0.289. The van der Waals surface area contributed by atoms with Crippen molar-refractivity contribution in [1.82, 2.24) is 9.97 Å². The van der Waals surface area contributed by atoms with Gasteiger partial charge in [0.05, 0.1) is 11.3 Å². The Morgan fingerprint density at radius 1 is 1.00 bits per heavy atom. The number of aromatic nitrogens is 2. The molecule has 0 amide bonds. The Labute approximate surface area is 158 Å². The predicted molar refractivity (Wildman–Crippen MR) is 104 cm³/mol. The van der Waals surface area contributed by atoms with Crippen molar-refractivity contribution in [2.45, 2.75) is 5.92 Å². The van der Waals surface area contributed by atoms with Crippen molar-refractivity contribution in [2.24, 2.45) is 0 Å². The number of hydrogen-bond donors (Lipinski definition) is 3. The lowest BCUT2D eigenvalue weighted by atomic mass is 9.82. The van der Waals surface area contributed by atoms with Crippen LogP contribution in [0.5, 0.6) is 0 Å². The molecular formula is C20H13ClN4O2. The van der Waals surface area contributed by atoms with E-state index in [0.29, 0.717) is 33.2 Å². The second kappa shape index (κ2) is 5.56. The maximum atomic E-state index is 13.2. The molecule has 7 heteroatoms. The first kappa shape index (κ1) is 15.8. The Morgan fingerprint density at radius 3 is 2.44 bits per heavy atom. The van der Waals surface area contributed by atoms with E-state index in [1.54, 1.807) is 18.2 Å². The first-order valence-electron chi connectivity index (χ1n) is 8.35. The number of halogens is 1. The molecule has 3 aromatic rings. The fourth-order valence-corrected chi connectivity index (χ4v) is 3.95. The van der Waals surface area contributed by atoms with Gasteiger partial charge in [0.25, 0.3) is 5.56 Å². The first-order valence-corrected chi connectivity index (χ1v) is 8.73. The summed E-state index contributed by atoms with van der Waals surface area (Å²) in [6.07, 6.45) is 0. The number of carbonyl (C=O) groups excluding carboxylic acids is 1. The van der Waals surface area contributed by atoms with Gasteiger partial charge >= 0.3 is 0 Å². The third kappa shape index (κ3) is 2.23. The molecular weight excluding hydrogens is 364 g/mol. The van der Waals surface area contributed by atoms with Gasteiger partial charge in [-0.1, -0.05) is 48.0 Å². The smallest absolute Gasteiger partial charge is 0.258 e. The third-order valence-corrected chi connectivity index (χ3v) is 5.20. The molecule has 0 spiro atoms. The number of nitrogens with zero attached hydrogens (tertiary/aromatic N) is 1. The predicted octanol–water partition coefficient (Wildman–Crippen LogP) is 3.17. The Hall–Kier alpha value is -3.38. The van der Waals surface area contributed by atoms with Crippen LogP contribution in [-0.2, 0) is 0 Å². The Balaban J connectivity index is 1.83. The Bertz CT molecular complexity index is 1210. The first-order chi connectivity index (χ1) is 13.0. The molecule has 2 aromatic carbocycles. The topological polar surface area (TPSA) is 101 Å². The van der Waals surface area contributed by atoms with Gasteiger partial charge in [0.15, 0.2) is 5.78 Å². The molecule has 1 aliphatic carbocycles. The van der Waals surface area contributed by atoms with E-state index in [-0.39, 0.29) is 17.3 Å². The van der Waals surface area contributed by atoms with Crippen LogP contribution in [0.15, 0.2) is 58.9 Å². The van der Waals surface area contributed by atoms with E-state index in [2.05, 4.69) is 15.3 Å². The van der Waals surface area contributed by atoms with Gasteiger partial charge in [-0.25, -0.2) is 0 Å². The molecule has 2 aliphatic rings. The quantitative estimate of drug-likeness (QED) is 0.605. The summed E-state index contributed by atoms with van der Waals surface area (Å²) in [7, 11) is 0. The van der Waals surface area contributed by atoms with Gasteiger partial charge in [-0.2, -0.15) is 4.98 Å². The molecule has 0 bridgehead atoms. The van der Waals surface area contributed by atoms with Crippen molar-refractivity contribution in [1.29, 1.82) is 0 Å². The van der Waals surface area contributed by atoms with Gasteiger partial charge in [-0.05, 0) is 17.7 Å². The number of fused-ring (bicyclic) bond motifs is 3. The molecule has 1 unspecified atom stereocenters. The van der Waals surface area contributed by atoms with Crippen molar-refractivity contribution in [3.8, 4) is 0 Å². The van der Waals surface area contributed by atoms with E-state index in [9.17, 15) is 9.59 Å². The normalized spacial score (nSPS) is 17.2. The number of benzene rings is 2. The molecule has 1 atom stereocenters. The molecule has 0 radical (unpaired) electrons. The zero-order valence-corrected chi connectivity index (χ0v) is 14.7. The van der Waals surface area contributed by atoms with E-state index < -0.39 is 5.92 Å². The summed E-state index contributed by atoms with van der Waals surface area (Å²) in [6, 6.07) is 14.5. The molecule has 6 nitrogen and oxygen atoms in total. The highest BCUT2D eigenvalue weighted by Gasteiger charge is 2.41. The second-order valence-corrected chi connectivity index (χ2v) is 6.92. The number of rotatable bonds is 1. The van der Waals surface area contributed by atoms with E-state index in [0.717, 1.165) is 11.1 Å². The molecule has 5 rings (SSSR count). The molecule has 4 N–H and O–H groups in total. The number of hydrogen-bond acceptors (Lipinski definition) is 5. The Morgan fingerprint density at radius 2 is 1.70 bits per heavy atom. The second-order valence-electron chi connectivity index (χ2n) is 6.49. The van der Waals surface area contributed by atoms with Gasteiger partial charge in [-0.3, -0.25) is 14.6 Å². The van der Waals surface area contributed by atoms with Crippen LogP contribution >= 0.6 is 11.6 Å². The van der Waals surface area contributed by atoms with Crippen molar-refractivity contribution < 1.29 is 4.79 Å². The Kier molecular flexibility index (Phi) is 3.26. The zero-order valence-electron chi connectivity index (χ0n) is 13.9. The number of H-pyrrole nitrogens is 1. The summed E-state index contributed by atoms with van der Waals surface area (Å²) in [6.45, 7) is 0. The van der Waals surface area contributed by atoms with E-state index in [4.69, 9.17) is 17.3 Å². The zero-order chi connectivity index (χ0) is 18.7. The monoisotopic (exact) mass is 376 g/mol. The van der Waals surface area contributed by atoms with Gasteiger partial charge in [0.1, 0.15) is 5.82 Å². The van der Waals surface area contributed by atoms with Crippen LogP contribution in [0.2, 0.25) is 5.02 Å². The summed E-state index contributed by atoms with van der Waals surface area (Å²) >= 11 is 6.03. The van der Waals surface area contributed by atoms with Crippen LogP contribution < -0.4 is 16.6 Å². The van der Waals surface area contributed by atoms with Gasteiger partial charge in [-0.15, -0.1) is 0 Å². The van der Waals surface area contributed by atoms with Gasteiger partial charge in [0.2, 0.25) is 5.95 Å². The average molecular weight is 377 g/mol. The highest BCUT2D eigenvalue weighted by Crippen LogP contribution is 2.47. The van der Waals surface area contributed by atoms with Crippen molar-refractivity contribution in [2.75, 3.05) is 11.1 Å². The van der Waals surface area contributed by atoms with Crippen LogP contribution in [0.1, 0.15) is 33.0 Å².